The van der Waals surface area contributed by atoms with Gasteiger partial charge in [-0.1, -0.05) is 12.2 Å². The fourth-order valence-electron chi connectivity index (χ4n) is 2.03. The smallest absolute Gasteiger partial charge is 0.295 e. The molecule has 0 aromatic heterocycles. The molecular formula is C11H13NO2. The maximum absolute atomic E-state index is 11.6. The number of Topliss-reactive ketones (excluding diaryl/α,β-unsaturated/α-hetero) is 1. The van der Waals surface area contributed by atoms with Crippen molar-refractivity contribution in [2.45, 2.75) is 26.3 Å². The summed E-state index contributed by atoms with van der Waals surface area (Å²) in [5.74, 6) is -0.816. The summed E-state index contributed by atoms with van der Waals surface area (Å²) in [5, 5.41) is 0. The molecule has 1 unspecified atom stereocenters. The maximum atomic E-state index is 11.6. The normalized spacial score (nSPS) is 25.8. The number of carbonyl (C=O) groups is 2. The van der Waals surface area contributed by atoms with Gasteiger partial charge in [0, 0.05) is 11.7 Å². The second-order valence-corrected chi connectivity index (χ2v) is 3.94. The van der Waals surface area contributed by atoms with E-state index in [0.717, 1.165) is 5.70 Å². The zero-order chi connectivity index (χ0) is 10.3. The Morgan fingerprint density at radius 1 is 1.43 bits per heavy atom. The van der Waals surface area contributed by atoms with Crippen LogP contribution in [-0.4, -0.2) is 22.6 Å². The summed E-state index contributed by atoms with van der Waals surface area (Å²) in [6.07, 6.45) is 6.38. The summed E-state index contributed by atoms with van der Waals surface area (Å²) in [6.45, 7) is 3.85. The van der Waals surface area contributed by atoms with Gasteiger partial charge in [0.15, 0.2) is 0 Å². The highest BCUT2D eigenvalue weighted by Crippen LogP contribution is 2.33. The average Bonchev–Trinajstić information content (AvgIpc) is 2.41. The van der Waals surface area contributed by atoms with E-state index in [1.165, 1.54) is 0 Å². The van der Waals surface area contributed by atoms with Crippen molar-refractivity contribution in [2.75, 3.05) is 0 Å². The lowest BCUT2D eigenvalue weighted by Gasteiger charge is -2.23. The van der Waals surface area contributed by atoms with Crippen molar-refractivity contribution in [2.24, 2.45) is 5.92 Å². The molecule has 1 aliphatic heterocycles. The molecule has 1 heterocycles. The van der Waals surface area contributed by atoms with Gasteiger partial charge in [-0.15, -0.1) is 0 Å². The number of fused-ring (bicyclic) bond motifs is 1. The van der Waals surface area contributed by atoms with Gasteiger partial charge in [0.25, 0.3) is 5.91 Å². The Kier molecular flexibility index (Phi) is 2.02. The Balaban J connectivity index is 2.42. The summed E-state index contributed by atoms with van der Waals surface area (Å²) in [5.41, 5.74) is 0.873. The molecule has 1 saturated heterocycles. The van der Waals surface area contributed by atoms with E-state index in [-0.39, 0.29) is 23.7 Å². The first-order chi connectivity index (χ1) is 6.63. The van der Waals surface area contributed by atoms with Crippen molar-refractivity contribution in [3.8, 4) is 0 Å². The third kappa shape index (κ3) is 1.12. The van der Waals surface area contributed by atoms with E-state index in [1.807, 2.05) is 32.1 Å². The topological polar surface area (TPSA) is 37.4 Å². The lowest BCUT2D eigenvalue weighted by atomic mass is 9.96. The Labute approximate surface area is 83.1 Å². The summed E-state index contributed by atoms with van der Waals surface area (Å²) >= 11 is 0. The number of amides is 1. The van der Waals surface area contributed by atoms with Crippen molar-refractivity contribution in [3.05, 3.63) is 23.9 Å². The Morgan fingerprint density at radius 2 is 2.14 bits per heavy atom. The largest absolute Gasteiger partial charge is 0.306 e. The zero-order valence-electron chi connectivity index (χ0n) is 8.36. The summed E-state index contributed by atoms with van der Waals surface area (Å²) in [6, 6.07) is 0.0641. The highest BCUT2D eigenvalue weighted by Gasteiger charge is 2.43. The van der Waals surface area contributed by atoms with E-state index in [2.05, 4.69) is 0 Å². The van der Waals surface area contributed by atoms with Crippen LogP contribution in [0.15, 0.2) is 23.9 Å². The molecule has 1 aliphatic carbocycles. The molecular weight excluding hydrogens is 178 g/mol. The lowest BCUT2D eigenvalue weighted by molar-refractivity contribution is -0.141. The van der Waals surface area contributed by atoms with Crippen LogP contribution < -0.4 is 0 Å². The Morgan fingerprint density at radius 3 is 2.79 bits per heavy atom. The number of hydrogen-bond acceptors (Lipinski definition) is 2. The van der Waals surface area contributed by atoms with E-state index < -0.39 is 0 Å². The average molecular weight is 191 g/mol. The van der Waals surface area contributed by atoms with Crippen LogP contribution in [0.4, 0.5) is 0 Å². The van der Waals surface area contributed by atoms with Gasteiger partial charge >= 0.3 is 0 Å². The Hall–Kier alpha value is -1.38. The van der Waals surface area contributed by atoms with Crippen LogP contribution in [0, 0.1) is 5.92 Å². The van der Waals surface area contributed by atoms with E-state index >= 15 is 0 Å². The number of ketones is 1. The van der Waals surface area contributed by atoms with Gasteiger partial charge in [0.1, 0.15) is 0 Å². The van der Waals surface area contributed by atoms with Crippen molar-refractivity contribution in [1.29, 1.82) is 0 Å². The minimum atomic E-state index is -0.347. The van der Waals surface area contributed by atoms with Crippen LogP contribution in [0.1, 0.15) is 20.3 Å². The first kappa shape index (κ1) is 9.19. The molecule has 0 radical (unpaired) electrons. The van der Waals surface area contributed by atoms with Crippen LogP contribution in [0.25, 0.3) is 0 Å². The number of hydrogen-bond donors (Lipinski definition) is 0. The maximum Gasteiger partial charge on any atom is 0.295 e. The molecule has 14 heavy (non-hydrogen) atoms. The van der Waals surface area contributed by atoms with Gasteiger partial charge in [-0.05, 0) is 26.3 Å². The van der Waals surface area contributed by atoms with Crippen molar-refractivity contribution in [3.63, 3.8) is 0 Å². The quantitative estimate of drug-likeness (QED) is 0.585. The van der Waals surface area contributed by atoms with E-state index in [1.54, 1.807) is 4.90 Å². The molecule has 0 aromatic rings. The molecule has 1 atom stereocenters. The van der Waals surface area contributed by atoms with Crippen molar-refractivity contribution in [1.82, 2.24) is 4.90 Å². The standard InChI is InChI=1S/C11H13NO2/c1-7(2)12-9-6-4-3-5-8(9)10(13)11(12)14/h3-4,6-8H,5H2,1-2H3. The van der Waals surface area contributed by atoms with Gasteiger partial charge < -0.3 is 4.90 Å². The zero-order valence-corrected chi connectivity index (χ0v) is 8.36. The molecule has 74 valence electrons. The van der Waals surface area contributed by atoms with Gasteiger partial charge in [0.2, 0.25) is 5.78 Å². The highest BCUT2D eigenvalue weighted by atomic mass is 16.2. The fourth-order valence-corrected chi connectivity index (χ4v) is 2.03. The van der Waals surface area contributed by atoms with Gasteiger partial charge in [-0.25, -0.2) is 0 Å². The molecule has 0 saturated carbocycles. The lowest BCUT2D eigenvalue weighted by Crippen LogP contribution is -2.32. The molecule has 0 aromatic carbocycles. The van der Waals surface area contributed by atoms with Crippen LogP contribution in [-0.2, 0) is 9.59 Å². The number of nitrogens with zero attached hydrogens (tertiary/aromatic N) is 1. The number of allylic oxidation sites excluding steroid dienone is 4. The highest BCUT2D eigenvalue weighted by molar-refractivity contribution is 6.40. The first-order valence-corrected chi connectivity index (χ1v) is 4.87. The van der Waals surface area contributed by atoms with Crippen molar-refractivity contribution < 1.29 is 9.59 Å². The molecule has 0 N–H and O–H groups in total. The predicted octanol–water partition coefficient (Wildman–Crippen LogP) is 1.27. The van der Waals surface area contributed by atoms with Crippen LogP contribution in [0.3, 0.4) is 0 Å². The minimum Gasteiger partial charge on any atom is -0.306 e. The first-order valence-electron chi connectivity index (χ1n) is 4.87. The van der Waals surface area contributed by atoms with Gasteiger partial charge in [0.05, 0.1) is 5.92 Å². The minimum absolute atomic E-state index is 0.0641. The van der Waals surface area contributed by atoms with E-state index in [9.17, 15) is 9.59 Å². The van der Waals surface area contributed by atoms with Crippen LogP contribution >= 0.6 is 0 Å². The molecule has 0 bridgehead atoms. The van der Waals surface area contributed by atoms with E-state index in [0.29, 0.717) is 6.42 Å². The molecule has 2 rings (SSSR count). The Bertz CT molecular complexity index is 352. The summed E-state index contributed by atoms with van der Waals surface area (Å²) in [4.78, 5) is 24.8. The van der Waals surface area contributed by atoms with Gasteiger partial charge in [-0.2, -0.15) is 0 Å². The molecule has 1 fully saturated rings. The molecule has 2 aliphatic rings. The molecule has 3 nitrogen and oxygen atoms in total. The SMILES string of the molecule is CC(C)N1C(=O)C(=O)C2CC=CC=C21. The summed E-state index contributed by atoms with van der Waals surface area (Å²) in [7, 11) is 0. The predicted molar refractivity (Wildman–Crippen MR) is 52.3 cm³/mol. The van der Waals surface area contributed by atoms with E-state index in [4.69, 9.17) is 0 Å². The van der Waals surface area contributed by atoms with Crippen molar-refractivity contribution >= 4 is 11.7 Å². The van der Waals surface area contributed by atoms with Gasteiger partial charge in [-0.3, -0.25) is 9.59 Å². The number of rotatable bonds is 1. The summed E-state index contributed by atoms with van der Waals surface area (Å²) < 4.78 is 0. The monoisotopic (exact) mass is 191 g/mol. The molecule has 3 heteroatoms. The number of carbonyl (C=O) groups excluding carboxylic acids is 2. The fraction of sp³-hybridized carbons (Fsp3) is 0.455. The molecule has 1 amide bonds. The van der Waals surface area contributed by atoms with Crippen LogP contribution in [0.5, 0.6) is 0 Å². The second-order valence-electron chi connectivity index (χ2n) is 3.94. The second kappa shape index (κ2) is 3.08. The number of likely N-dealkylation sites (tertiary alicyclic amines) is 1. The molecule has 0 spiro atoms. The third-order valence-corrected chi connectivity index (χ3v) is 2.67. The third-order valence-electron chi connectivity index (χ3n) is 2.67. The van der Waals surface area contributed by atoms with Crippen LogP contribution in [0.2, 0.25) is 0 Å².